The first-order valence-electron chi connectivity index (χ1n) is 6.90. The first-order chi connectivity index (χ1) is 9.58. The highest BCUT2D eigenvalue weighted by Crippen LogP contribution is 2.25. The van der Waals surface area contributed by atoms with Crippen molar-refractivity contribution >= 4 is 21.4 Å². The Morgan fingerprint density at radius 3 is 3.00 bits per heavy atom. The highest BCUT2D eigenvalue weighted by atomic mass is 32.2. The highest BCUT2D eigenvalue weighted by molar-refractivity contribution is 7.89. The molecule has 1 aromatic heterocycles. The molecule has 0 spiro atoms. The zero-order valence-corrected chi connectivity index (χ0v) is 13.5. The van der Waals surface area contributed by atoms with Crippen LogP contribution in [-0.2, 0) is 21.3 Å². The van der Waals surface area contributed by atoms with Gasteiger partial charge in [0.1, 0.15) is 0 Å². The van der Waals surface area contributed by atoms with E-state index in [1.54, 1.807) is 6.07 Å². The topological polar surface area (TPSA) is 67.4 Å². The van der Waals surface area contributed by atoms with Crippen LogP contribution in [0.5, 0.6) is 0 Å². The molecule has 1 fully saturated rings. The summed E-state index contributed by atoms with van der Waals surface area (Å²) in [6.45, 7) is 3.82. The maximum Gasteiger partial charge on any atom is 0.241 e. The van der Waals surface area contributed by atoms with E-state index in [4.69, 9.17) is 4.74 Å². The Morgan fingerprint density at radius 2 is 2.30 bits per heavy atom. The average Bonchev–Trinajstić information content (AvgIpc) is 3.05. The standard InChI is InChI=1S/C13H22N2O3S2/c1-3-11-10(4-6-18-11)8-15-20(16,17)13-5-7-19-12(13)9-14-2/h5,7,10-11,14-15H,3-4,6,8-9H2,1-2H3. The molecule has 20 heavy (non-hydrogen) atoms. The molecule has 2 N–H and O–H groups in total. The van der Waals surface area contributed by atoms with E-state index in [9.17, 15) is 8.42 Å². The monoisotopic (exact) mass is 318 g/mol. The lowest BCUT2D eigenvalue weighted by Gasteiger charge is -2.17. The Bertz CT molecular complexity index is 527. The number of nitrogens with one attached hydrogen (secondary N) is 2. The Balaban J connectivity index is 2.02. The van der Waals surface area contributed by atoms with Gasteiger partial charge in [0.05, 0.1) is 11.0 Å². The lowest BCUT2D eigenvalue weighted by molar-refractivity contribution is 0.0884. The zero-order chi connectivity index (χ0) is 14.6. The van der Waals surface area contributed by atoms with Crippen LogP contribution in [0.25, 0.3) is 0 Å². The Labute approximate surface area is 124 Å². The van der Waals surface area contributed by atoms with Crippen molar-refractivity contribution < 1.29 is 13.2 Å². The predicted molar refractivity (Wildman–Crippen MR) is 80.4 cm³/mol. The molecule has 0 saturated carbocycles. The summed E-state index contributed by atoms with van der Waals surface area (Å²) in [5, 5.41) is 4.81. The predicted octanol–water partition coefficient (Wildman–Crippen LogP) is 1.56. The van der Waals surface area contributed by atoms with Crippen molar-refractivity contribution in [3.05, 3.63) is 16.3 Å². The van der Waals surface area contributed by atoms with E-state index in [1.807, 2.05) is 12.4 Å². The number of ether oxygens (including phenoxy) is 1. The first-order valence-corrected chi connectivity index (χ1v) is 9.27. The van der Waals surface area contributed by atoms with Crippen LogP contribution in [0, 0.1) is 5.92 Å². The van der Waals surface area contributed by atoms with Gasteiger partial charge < -0.3 is 10.1 Å². The van der Waals surface area contributed by atoms with E-state index < -0.39 is 10.0 Å². The fourth-order valence-electron chi connectivity index (χ4n) is 2.53. The van der Waals surface area contributed by atoms with Gasteiger partial charge in [-0.25, -0.2) is 13.1 Å². The minimum Gasteiger partial charge on any atom is -0.378 e. The van der Waals surface area contributed by atoms with Crippen molar-refractivity contribution in [2.75, 3.05) is 20.2 Å². The first kappa shape index (κ1) is 15.9. The van der Waals surface area contributed by atoms with Gasteiger partial charge in [-0.1, -0.05) is 6.92 Å². The number of hydrogen-bond acceptors (Lipinski definition) is 5. The van der Waals surface area contributed by atoms with Crippen LogP contribution < -0.4 is 10.0 Å². The molecule has 0 bridgehead atoms. The molecular formula is C13H22N2O3S2. The van der Waals surface area contributed by atoms with Gasteiger partial charge in [-0.15, -0.1) is 11.3 Å². The molecule has 1 aliphatic rings. The van der Waals surface area contributed by atoms with Gasteiger partial charge in [0.25, 0.3) is 0 Å². The summed E-state index contributed by atoms with van der Waals surface area (Å²) in [7, 11) is -1.61. The summed E-state index contributed by atoms with van der Waals surface area (Å²) >= 11 is 1.46. The van der Waals surface area contributed by atoms with Crippen LogP contribution in [0.1, 0.15) is 24.6 Å². The van der Waals surface area contributed by atoms with E-state index in [0.717, 1.165) is 24.3 Å². The molecule has 0 aliphatic carbocycles. The molecule has 1 aliphatic heterocycles. The van der Waals surface area contributed by atoms with Gasteiger partial charge in [0, 0.05) is 30.5 Å². The molecule has 2 unspecified atom stereocenters. The molecule has 2 rings (SSSR count). The third-order valence-corrected chi connectivity index (χ3v) is 6.17. The van der Waals surface area contributed by atoms with Crippen molar-refractivity contribution in [3.8, 4) is 0 Å². The van der Waals surface area contributed by atoms with Crippen molar-refractivity contribution in [1.29, 1.82) is 0 Å². The molecule has 2 heterocycles. The quantitative estimate of drug-likeness (QED) is 0.801. The fraction of sp³-hybridized carbons (Fsp3) is 0.692. The summed E-state index contributed by atoms with van der Waals surface area (Å²) in [6.07, 6.45) is 2.03. The van der Waals surface area contributed by atoms with Gasteiger partial charge in [0.15, 0.2) is 0 Å². The second-order valence-corrected chi connectivity index (χ2v) is 7.69. The molecule has 5 nitrogen and oxygen atoms in total. The van der Waals surface area contributed by atoms with Gasteiger partial charge in [0.2, 0.25) is 10.0 Å². The molecule has 0 radical (unpaired) electrons. The molecule has 1 saturated heterocycles. The number of rotatable bonds is 7. The zero-order valence-electron chi connectivity index (χ0n) is 11.9. The molecule has 2 atom stereocenters. The maximum absolute atomic E-state index is 12.4. The second kappa shape index (κ2) is 7.00. The van der Waals surface area contributed by atoms with Gasteiger partial charge in [-0.05, 0) is 31.3 Å². The van der Waals surface area contributed by atoms with Crippen LogP contribution in [0.2, 0.25) is 0 Å². The number of thiophene rings is 1. The lowest BCUT2D eigenvalue weighted by atomic mass is 10.0. The molecular weight excluding hydrogens is 296 g/mol. The van der Waals surface area contributed by atoms with Crippen molar-refractivity contribution in [3.63, 3.8) is 0 Å². The maximum atomic E-state index is 12.4. The van der Waals surface area contributed by atoms with Crippen LogP contribution in [0.4, 0.5) is 0 Å². The van der Waals surface area contributed by atoms with Crippen LogP contribution in [-0.4, -0.2) is 34.7 Å². The fourth-order valence-corrected chi connectivity index (χ4v) is 5.08. The molecule has 0 amide bonds. The van der Waals surface area contributed by atoms with E-state index >= 15 is 0 Å². The van der Waals surface area contributed by atoms with Crippen molar-refractivity contribution in [2.24, 2.45) is 5.92 Å². The summed E-state index contributed by atoms with van der Waals surface area (Å²) < 4.78 is 33.1. The highest BCUT2D eigenvalue weighted by Gasteiger charge is 2.28. The van der Waals surface area contributed by atoms with Gasteiger partial charge in [-0.3, -0.25) is 0 Å². The van der Waals surface area contributed by atoms with Gasteiger partial charge in [-0.2, -0.15) is 0 Å². The largest absolute Gasteiger partial charge is 0.378 e. The van der Waals surface area contributed by atoms with E-state index in [-0.39, 0.29) is 12.0 Å². The lowest BCUT2D eigenvalue weighted by Crippen LogP contribution is -2.33. The number of hydrogen-bond donors (Lipinski definition) is 2. The molecule has 1 aromatic rings. The Kier molecular flexibility index (Phi) is 5.57. The van der Waals surface area contributed by atoms with Crippen LogP contribution >= 0.6 is 11.3 Å². The smallest absolute Gasteiger partial charge is 0.241 e. The SMILES string of the molecule is CCC1OCCC1CNS(=O)(=O)c1ccsc1CNC. The average molecular weight is 318 g/mol. The summed E-state index contributed by atoms with van der Waals surface area (Å²) in [6, 6.07) is 1.67. The summed E-state index contributed by atoms with van der Waals surface area (Å²) in [5.74, 6) is 0.279. The Hall–Kier alpha value is -0.470. The number of sulfonamides is 1. The van der Waals surface area contributed by atoms with Crippen molar-refractivity contribution in [2.45, 2.75) is 37.3 Å². The van der Waals surface area contributed by atoms with E-state index in [1.165, 1.54) is 11.3 Å². The molecule has 114 valence electrons. The summed E-state index contributed by atoms with van der Waals surface area (Å²) in [5.41, 5.74) is 0. The molecule has 0 aromatic carbocycles. The molecule has 7 heteroatoms. The normalized spacial score (nSPS) is 23.3. The second-order valence-electron chi connectivity index (χ2n) is 4.96. The van der Waals surface area contributed by atoms with Gasteiger partial charge >= 0.3 is 0 Å². The van der Waals surface area contributed by atoms with E-state index in [2.05, 4.69) is 17.0 Å². The third-order valence-electron chi connectivity index (χ3n) is 3.62. The van der Waals surface area contributed by atoms with Crippen LogP contribution in [0.3, 0.4) is 0 Å². The van der Waals surface area contributed by atoms with Crippen LogP contribution in [0.15, 0.2) is 16.3 Å². The van der Waals surface area contributed by atoms with E-state index in [0.29, 0.717) is 18.0 Å². The minimum absolute atomic E-state index is 0.178. The third kappa shape index (κ3) is 3.59. The minimum atomic E-state index is -3.42. The van der Waals surface area contributed by atoms with Crippen molar-refractivity contribution in [1.82, 2.24) is 10.0 Å². The summed E-state index contributed by atoms with van der Waals surface area (Å²) in [4.78, 5) is 1.23. The Morgan fingerprint density at radius 1 is 1.50 bits per heavy atom.